The van der Waals surface area contributed by atoms with E-state index in [0.29, 0.717) is 43.7 Å². The average molecular weight is 458 g/mol. The van der Waals surface area contributed by atoms with Crippen molar-refractivity contribution in [3.05, 3.63) is 52.8 Å². The molecule has 1 aliphatic carbocycles. The predicted molar refractivity (Wildman–Crippen MR) is 127 cm³/mol. The number of hydrogen-bond donors (Lipinski definition) is 0. The maximum atomic E-state index is 13.1. The summed E-state index contributed by atoms with van der Waals surface area (Å²) >= 11 is 0. The van der Waals surface area contributed by atoms with E-state index >= 15 is 0 Å². The zero-order valence-electron chi connectivity index (χ0n) is 19.5. The van der Waals surface area contributed by atoms with Crippen LogP contribution in [0.4, 0.5) is 0 Å². The number of rotatable bonds is 7. The maximum absolute atomic E-state index is 13.1. The van der Waals surface area contributed by atoms with Gasteiger partial charge in [-0.3, -0.25) is 9.69 Å². The molecule has 6 nitrogen and oxygen atoms in total. The van der Waals surface area contributed by atoms with Crippen molar-refractivity contribution in [2.24, 2.45) is 0 Å². The second kappa shape index (κ2) is 9.49. The van der Waals surface area contributed by atoms with Gasteiger partial charge in [0.05, 0.1) is 11.4 Å². The van der Waals surface area contributed by atoms with E-state index < -0.39 is 10.0 Å². The number of aryl methyl sites for hydroxylation is 2. The van der Waals surface area contributed by atoms with Crippen LogP contribution in [0.5, 0.6) is 0 Å². The Morgan fingerprint density at radius 1 is 1.00 bits per heavy atom. The van der Waals surface area contributed by atoms with Gasteiger partial charge in [-0.2, -0.15) is 4.31 Å². The highest BCUT2D eigenvalue weighted by molar-refractivity contribution is 7.89. The number of Topliss-reactive ketones (excluding diaryl/α,β-unsaturated/α-hetero) is 1. The molecule has 1 aromatic carbocycles. The molecule has 0 bridgehead atoms. The molecule has 0 amide bonds. The van der Waals surface area contributed by atoms with Crippen LogP contribution < -0.4 is 0 Å². The van der Waals surface area contributed by atoms with Gasteiger partial charge in [0, 0.05) is 49.2 Å². The Labute approximate surface area is 192 Å². The number of carbonyl (C=O) groups is 1. The third-order valence-electron chi connectivity index (χ3n) is 7.14. The Kier molecular flexibility index (Phi) is 6.89. The number of aromatic nitrogens is 1. The van der Waals surface area contributed by atoms with Gasteiger partial charge < -0.3 is 4.57 Å². The Morgan fingerprint density at radius 3 is 2.22 bits per heavy atom. The zero-order chi connectivity index (χ0) is 22.9. The molecule has 2 aromatic rings. The first-order chi connectivity index (χ1) is 15.3. The molecule has 2 aliphatic rings. The van der Waals surface area contributed by atoms with Crippen LogP contribution in [-0.2, 0) is 16.4 Å². The normalized spacial score (nSPS) is 19.0. The quantitative estimate of drug-likeness (QED) is 0.590. The molecular formula is C25H35N3O3S. The van der Waals surface area contributed by atoms with Gasteiger partial charge in [0.25, 0.3) is 0 Å². The lowest BCUT2D eigenvalue weighted by atomic mass is 10.1. The maximum Gasteiger partial charge on any atom is 0.243 e. The number of ketones is 1. The first-order valence-corrected chi connectivity index (χ1v) is 13.3. The molecule has 0 unspecified atom stereocenters. The molecule has 0 atom stereocenters. The van der Waals surface area contributed by atoms with Crippen molar-refractivity contribution >= 4 is 15.8 Å². The van der Waals surface area contributed by atoms with Crippen LogP contribution in [0.3, 0.4) is 0 Å². The highest BCUT2D eigenvalue weighted by Gasteiger charge is 2.30. The summed E-state index contributed by atoms with van der Waals surface area (Å²) in [5, 5.41) is 0. The van der Waals surface area contributed by atoms with Gasteiger partial charge in [0.2, 0.25) is 10.0 Å². The number of hydrogen-bond acceptors (Lipinski definition) is 4. The van der Waals surface area contributed by atoms with E-state index in [-0.39, 0.29) is 5.78 Å². The van der Waals surface area contributed by atoms with Gasteiger partial charge in [-0.05, 0) is 56.9 Å². The van der Waals surface area contributed by atoms with E-state index in [2.05, 4.69) is 30.2 Å². The standard InChI is InChI=1S/C25H35N3O3S/c1-4-21-9-11-23(12-10-21)32(30,31)27-15-13-26(14-16-27)18-25(29)24-17-19(2)28(20(24)3)22-7-5-6-8-22/h9-12,17,22H,4-8,13-16,18H2,1-3H3. The molecule has 1 aromatic heterocycles. The molecule has 4 rings (SSSR count). The van der Waals surface area contributed by atoms with E-state index in [9.17, 15) is 13.2 Å². The Bertz CT molecular complexity index is 1060. The Hall–Kier alpha value is -1.96. The molecule has 0 spiro atoms. The summed E-state index contributed by atoms with van der Waals surface area (Å²) in [6.07, 6.45) is 5.81. The van der Waals surface area contributed by atoms with Crippen LogP contribution in [0.25, 0.3) is 0 Å². The molecule has 0 N–H and O–H groups in total. The van der Waals surface area contributed by atoms with E-state index in [1.807, 2.05) is 18.2 Å². The summed E-state index contributed by atoms with van der Waals surface area (Å²) in [5.41, 5.74) is 4.19. The number of carbonyl (C=O) groups excluding carboxylic acids is 1. The topological polar surface area (TPSA) is 62.6 Å². The summed E-state index contributed by atoms with van der Waals surface area (Å²) in [7, 11) is -3.49. The minimum Gasteiger partial charge on any atom is -0.345 e. The molecule has 0 radical (unpaired) electrons. The van der Waals surface area contributed by atoms with E-state index in [4.69, 9.17) is 0 Å². The van der Waals surface area contributed by atoms with Gasteiger partial charge >= 0.3 is 0 Å². The SMILES string of the molecule is CCc1ccc(S(=O)(=O)N2CCN(CC(=O)c3cc(C)n(C4CCCC4)c3C)CC2)cc1. The second-order valence-corrected chi connectivity index (χ2v) is 11.1. The molecule has 1 saturated heterocycles. The second-order valence-electron chi connectivity index (χ2n) is 9.19. The molecule has 2 heterocycles. The van der Waals surface area contributed by atoms with Gasteiger partial charge in [-0.25, -0.2) is 8.42 Å². The first kappa shape index (κ1) is 23.2. The fourth-order valence-electron chi connectivity index (χ4n) is 5.25. The van der Waals surface area contributed by atoms with Gasteiger partial charge in [-0.1, -0.05) is 31.9 Å². The van der Waals surface area contributed by atoms with Crippen molar-refractivity contribution in [2.45, 2.75) is 63.8 Å². The molecule has 174 valence electrons. The van der Waals surface area contributed by atoms with Gasteiger partial charge in [0.15, 0.2) is 5.78 Å². The molecule has 32 heavy (non-hydrogen) atoms. The van der Waals surface area contributed by atoms with Crippen LogP contribution in [0.1, 0.15) is 66.0 Å². The lowest BCUT2D eigenvalue weighted by Gasteiger charge is -2.33. The number of benzene rings is 1. The summed E-state index contributed by atoms with van der Waals surface area (Å²) in [6, 6.07) is 9.72. The summed E-state index contributed by atoms with van der Waals surface area (Å²) in [5.74, 6) is 0.133. The lowest BCUT2D eigenvalue weighted by Crippen LogP contribution is -2.49. The van der Waals surface area contributed by atoms with Crippen molar-refractivity contribution < 1.29 is 13.2 Å². The molecule has 1 saturated carbocycles. The summed E-state index contributed by atoms with van der Waals surface area (Å²) in [6.45, 7) is 8.51. The van der Waals surface area contributed by atoms with Crippen LogP contribution >= 0.6 is 0 Å². The van der Waals surface area contributed by atoms with Gasteiger partial charge in [0.1, 0.15) is 0 Å². The number of nitrogens with zero attached hydrogens (tertiary/aromatic N) is 3. The fraction of sp³-hybridized carbons (Fsp3) is 0.560. The van der Waals surface area contributed by atoms with Crippen molar-refractivity contribution in [1.29, 1.82) is 0 Å². The molecule has 2 fully saturated rings. The van der Waals surface area contributed by atoms with E-state index in [1.165, 1.54) is 31.4 Å². The molecule has 7 heteroatoms. The van der Waals surface area contributed by atoms with Crippen molar-refractivity contribution in [3.8, 4) is 0 Å². The predicted octanol–water partition coefficient (Wildman–Crippen LogP) is 3.97. The minimum atomic E-state index is -3.49. The highest BCUT2D eigenvalue weighted by atomic mass is 32.2. The van der Waals surface area contributed by atoms with Crippen LogP contribution in [0.2, 0.25) is 0 Å². The minimum absolute atomic E-state index is 0.133. The Balaban J connectivity index is 1.38. The van der Waals surface area contributed by atoms with Crippen molar-refractivity contribution in [2.75, 3.05) is 32.7 Å². The molecular weight excluding hydrogens is 422 g/mol. The van der Waals surface area contributed by atoms with Crippen LogP contribution in [0, 0.1) is 13.8 Å². The molecule has 1 aliphatic heterocycles. The largest absolute Gasteiger partial charge is 0.345 e. The first-order valence-electron chi connectivity index (χ1n) is 11.8. The highest BCUT2D eigenvalue weighted by Crippen LogP contribution is 2.33. The smallest absolute Gasteiger partial charge is 0.243 e. The van der Waals surface area contributed by atoms with Gasteiger partial charge in [-0.15, -0.1) is 0 Å². The third-order valence-corrected chi connectivity index (χ3v) is 9.06. The summed E-state index contributed by atoms with van der Waals surface area (Å²) in [4.78, 5) is 15.5. The number of sulfonamides is 1. The average Bonchev–Trinajstić information content (AvgIpc) is 3.41. The number of piperazine rings is 1. The van der Waals surface area contributed by atoms with E-state index in [1.54, 1.807) is 16.4 Å². The van der Waals surface area contributed by atoms with Crippen molar-refractivity contribution in [3.63, 3.8) is 0 Å². The lowest BCUT2D eigenvalue weighted by molar-refractivity contribution is 0.0901. The monoisotopic (exact) mass is 457 g/mol. The van der Waals surface area contributed by atoms with Crippen LogP contribution in [-0.4, -0.2) is 60.7 Å². The van der Waals surface area contributed by atoms with Crippen molar-refractivity contribution in [1.82, 2.24) is 13.8 Å². The Morgan fingerprint density at radius 2 is 1.62 bits per heavy atom. The summed E-state index contributed by atoms with van der Waals surface area (Å²) < 4.78 is 29.9. The van der Waals surface area contributed by atoms with E-state index in [0.717, 1.165) is 23.2 Å². The van der Waals surface area contributed by atoms with Crippen LogP contribution in [0.15, 0.2) is 35.2 Å². The zero-order valence-corrected chi connectivity index (χ0v) is 20.3. The fourth-order valence-corrected chi connectivity index (χ4v) is 6.67. The third kappa shape index (κ3) is 4.56.